The molecule has 1 atom stereocenters. The normalized spacial score (nSPS) is 13.8. The lowest BCUT2D eigenvalue weighted by atomic mass is 10.1. The third-order valence-electron chi connectivity index (χ3n) is 4.60. The van der Waals surface area contributed by atoms with Crippen LogP contribution in [0, 0.1) is 0 Å². The van der Waals surface area contributed by atoms with E-state index in [1.54, 1.807) is 12.1 Å². The summed E-state index contributed by atoms with van der Waals surface area (Å²) in [6.45, 7) is 3.01. The first-order chi connectivity index (χ1) is 15.5. The van der Waals surface area contributed by atoms with Gasteiger partial charge in [0.2, 0.25) is 5.91 Å². The van der Waals surface area contributed by atoms with Crippen molar-refractivity contribution in [1.82, 2.24) is 4.90 Å². The minimum Gasteiger partial charge on any atom is -0.490 e. The molecule has 0 saturated carbocycles. The molecule has 32 heavy (non-hydrogen) atoms. The topological polar surface area (TPSA) is 160 Å². The number of hydrogen-bond donors (Lipinski definition) is 2. The molecule has 176 valence electrons. The molecule has 1 aliphatic rings. The van der Waals surface area contributed by atoms with Crippen LogP contribution < -0.4 is 16.2 Å². The van der Waals surface area contributed by atoms with E-state index in [1.807, 2.05) is 0 Å². The van der Waals surface area contributed by atoms with Crippen molar-refractivity contribution in [3.63, 3.8) is 0 Å². The highest BCUT2D eigenvalue weighted by Gasteiger charge is 2.43. The van der Waals surface area contributed by atoms with Gasteiger partial charge in [-0.15, -0.1) is 0 Å². The summed E-state index contributed by atoms with van der Waals surface area (Å²) in [5.74, 6) is -1.97. The van der Waals surface area contributed by atoms with E-state index >= 15 is 0 Å². The highest BCUT2D eigenvalue weighted by Crippen LogP contribution is 2.32. The molecule has 0 aromatic heterocycles. The van der Waals surface area contributed by atoms with E-state index in [0.29, 0.717) is 45.9 Å². The molecule has 11 nitrogen and oxygen atoms in total. The number of primary amides is 1. The molecule has 4 N–H and O–H groups in total. The smallest absolute Gasteiger partial charge is 0.266 e. The van der Waals surface area contributed by atoms with Crippen molar-refractivity contribution in [2.45, 2.75) is 18.9 Å². The fourth-order valence-electron chi connectivity index (χ4n) is 3.14. The molecule has 3 amide bonds. The Labute approximate surface area is 185 Å². The quantitative estimate of drug-likeness (QED) is 0.181. The zero-order valence-corrected chi connectivity index (χ0v) is 17.8. The average molecular weight is 451 g/mol. The number of amides is 3. The largest absolute Gasteiger partial charge is 0.490 e. The molecule has 1 heterocycles. The number of nitrogens with two attached hydrogens (primary N) is 2. The third kappa shape index (κ3) is 6.82. The van der Waals surface area contributed by atoms with E-state index in [9.17, 15) is 19.2 Å². The van der Waals surface area contributed by atoms with Crippen molar-refractivity contribution >= 4 is 24.0 Å². The Morgan fingerprint density at radius 2 is 1.59 bits per heavy atom. The number of carbonyl (C=O) groups excluding carboxylic acids is 4. The van der Waals surface area contributed by atoms with Gasteiger partial charge in [-0.2, -0.15) is 0 Å². The number of benzene rings is 1. The van der Waals surface area contributed by atoms with Crippen LogP contribution >= 0.6 is 0 Å². The van der Waals surface area contributed by atoms with Crippen LogP contribution in [-0.4, -0.2) is 87.7 Å². The van der Waals surface area contributed by atoms with E-state index in [1.165, 1.54) is 6.07 Å². The summed E-state index contributed by atoms with van der Waals surface area (Å²) in [4.78, 5) is 48.9. The first-order valence-corrected chi connectivity index (χ1v) is 10.3. The number of ether oxygens (including phenoxy) is 4. The summed E-state index contributed by atoms with van der Waals surface area (Å²) in [6, 6.07) is 3.41. The number of rotatable bonds is 17. The zero-order chi connectivity index (χ0) is 23.3. The SMILES string of the molecule is NCCOCCOCCOCCOc1cccc2c1C(=O)N(C(CCC=O)C(N)=O)C2=O. The van der Waals surface area contributed by atoms with Crippen LogP contribution in [0.1, 0.15) is 33.6 Å². The van der Waals surface area contributed by atoms with E-state index in [0.717, 1.165) is 4.90 Å². The minimum absolute atomic E-state index is 0.00779. The summed E-state index contributed by atoms with van der Waals surface area (Å²) in [5.41, 5.74) is 10.9. The van der Waals surface area contributed by atoms with E-state index < -0.39 is 23.8 Å². The van der Waals surface area contributed by atoms with E-state index in [-0.39, 0.29) is 42.9 Å². The fraction of sp³-hybridized carbons (Fsp3) is 0.524. The molecule has 1 aliphatic heterocycles. The first kappa shape index (κ1) is 25.4. The maximum absolute atomic E-state index is 12.9. The first-order valence-electron chi connectivity index (χ1n) is 10.3. The Morgan fingerprint density at radius 3 is 2.19 bits per heavy atom. The second-order valence-corrected chi connectivity index (χ2v) is 6.80. The van der Waals surface area contributed by atoms with Crippen molar-refractivity contribution in [3.05, 3.63) is 29.3 Å². The van der Waals surface area contributed by atoms with Crippen molar-refractivity contribution in [2.24, 2.45) is 11.5 Å². The Balaban J connectivity index is 1.85. The van der Waals surface area contributed by atoms with Crippen molar-refractivity contribution in [3.8, 4) is 5.75 Å². The summed E-state index contributed by atoms with van der Waals surface area (Å²) < 4.78 is 21.6. The van der Waals surface area contributed by atoms with Crippen molar-refractivity contribution in [2.75, 3.05) is 52.8 Å². The molecule has 1 unspecified atom stereocenters. The van der Waals surface area contributed by atoms with Gasteiger partial charge in [0, 0.05) is 13.0 Å². The van der Waals surface area contributed by atoms with Gasteiger partial charge in [0.15, 0.2) is 0 Å². The maximum Gasteiger partial charge on any atom is 0.266 e. The second kappa shape index (κ2) is 13.5. The highest BCUT2D eigenvalue weighted by molar-refractivity contribution is 6.24. The van der Waals surface area contributed by atoms with Crippen LogP contribution in [0.4, 0.5) is 0 Å². The molecular weight excluding hydrogens is 422 g/mol. The molecule has 0 aliphatic carbocycles. The number of hydrogen-bond acceptors (Lipinski definition) is 9. The molecule has 0 saturated heterocycles. The number of fused-ring (bicyclic) bond motifs is 1. The molecule has 0 radical (unpaired) electrons. The van der Waals surface area contributed by atoms with Crippen LogP contribution in [0.15, 0.2) is 18.2 Å². The van der Waals surface area contributed by atoms with Gasteiger partial charge in [-0.1, -0.05) is 6.07 Å². The van der Waals surface area contributed by atoms with Gasteiger partial charge in [-0.3, -0.25) is 19.3 Å². The van der Waals surface area contributed by atoms with Crippen LogP contribution in [0.5, 0.6) is 5.75 Å². The number of imide groups is 1. The Bertz CT molecular complexity index is 801. The Kier molecular flexibility index (Phi) is 10.7. The Morgan fingerprint density at radius 1 is 0.969 bits per heavy atom. The van der Waals surface area contributed by atoms with Crippen molar-refractivity contribution in [1.29, 1.82) is 0 Å². The predicted octanol–water partition coefficient (Wildman–Crippen LogP) is -0.497. The maximum atomic E-state index is 12.9. The summed E-state index contributed by atoms with van der Waals surface area (Å²) in [6.07, 6.45) is 0.561. The molecule has 0 bridgehead atoms. The monoisotopic (exact) mass is 451 g/mol. The Hall–Kier alpha value is -2.86. The third-order valence-corrected chi connectivity index (χ3v) is 4.60. The van der Waals surface area contributed by atoms with Crippen LogP contribution in [0.2, 0.25) is 0 Å². The van der Waals surface area contributed by atoms with Crippen LogP contribution in [0.3, 0.4) is 0 Å². The summed E-state index contributed by atoms with van der Waals surface area (Å²) in [7, 11) is 0. The molecule has 0 fully saturated rings. The highest BCUT2D eigenvalue weighted by atomic mass is 16.6. The van der Waals surface area contributed by atoms with Gasteiger partial charge in [0.25, 0.3) is 11.8 Å². The average Bonchev–Trinajstić information content (AvgIpc) is 3.03. The molecule has 11 heteroatoms. The zero-order valence-electron chi connectivity index (χ0n) is 17.8. The lowest BCUT2D eigenvalue weighted by Crippen LogP contribution is -2.47. The lowest BCUT2D eigenvalue weighted by Gasteiger charge is -2.22. The van der Waals surface area contributed by atoms with Gasteiger partial charge in [-0.25, -0.2) is 0 Å². The summed E-state index contributed by atoms with van der Waals surface area (Å²) in [5, 5.41) is 0. The van der Waals surface area contributed by atoms with Gasteiger partial charge in [0.05, 0.1) is 50.8 Å². The van der Waals surface area contributed by atoms with Gasteiger partial charge in [-0.05, 0) is 18.6 Å². The number of aldehydes is 1. The molecule has 0 spiro atoms. The second-order valence-electron chi connectivity index (χ2n) is 6.80. The predicted molar refractivity (Wildman–Crippen MR) is 112 cm³/mol. The van der Waals surface area contributed by atoms with Crippen LogP contribution in [0.25, 0.3) is 0 Å². The van der Waals surface area contributed by atoms with Gasteiger partial charge < -0.3 is 35.2 Å². The number of nitrogens with zero attached hydrogens (tertiary/aromatic N) is 1. The number of carbonyl (C=O) groups is 4. The molecular formula is C21H29N3O8. The van der Waals surface area contributed by atoms with Gasteiger partial charge >= 0.3 is 0 Å². The lowest BCUT2D eigenvalue weighted by molar-refractivity contribution is -0.122. The standard InChI is InChI=1S/C21H29N3O8/c22-6-8-29-9-10-30-11-12-31-13-14-32-17-5-1-3-15-18(17)21(28)24(20(15)27)16(19(23)26)4-2-7-25/h1,3,5,7,16H,2,4,6,8-14,22H2,(H2,23,26). The minimum atomic E-state index is -1.20. The molecule has 1 aromatic rings. The van der Waals surface area contributed by atoms with Crippen molar-refractivity contribution < 1.29 is 38.1 Å². The fourth-order valence-corrected chi connectivity index (χ4v) is 3.14. The van der Waals surface area contributed by atoms with Crippen LogP contribution in [-0.2, 0) is 23.8 Å². The molecule has 2 rings (SSSR count). The van der Waals surface area contributed by atoms with Gasteiger partial charge in [0.1, 0.15) is 24.7 Å². The summed E-state index contributed by atoms with van der Waals surface area (Å²) >= 11 is 0. The van der Waals surface area contributed by atoms with E-state index in [4.69, 9.17) is 30.4 Å². The molecule has 1 aromatic carbocycles. The van der Waals surface area contributed by atoms with E-state index in [2.05, 4.69) is 0 Å².